The van der Waals surface area contributed by atoms with Crippen LogP contribution in [-0.4, -0.2) is 51.6 Å². The maximum Gasteiger partial charge on any atom is 0.119 e. The molecule has 0 amide bonds. The fourth-order valence-corrected chi connectivity index (χ4v) is 0.512. The zero-order valence-electron chi connectivity index (χ0n) is 5.83. The van der Waals surface area contributed by atoms with Gasteiger partial charge in [0.15, 0.2) is 0 Å². The van der Waals surface area contributed by atoms with Crippen LogP contribution in [0.4, 0.5) is 0 Å². The van der Waals surface area contributed by atoms with Gasteiger partial charge < -0.3 is 26.3 Å². The van der Waals surface area contributed by atoms with Crippen molar-refractivity contribution in [2.45, 2.75) is 18.3 Å². The number of nitrogens with zero attached hydrogens (tertiary/aromatic N) is 1. The van der Waals surface area contributed by atoms with Gasteiger partial charge in [-0.05, 0) is 0 Å². The molecule has 0 saturated heterocycles. The third kappa shape index (κ3) is 3.28. The first kappa shape index (κ1) is 10.3. The van der Waals surface area contributed by atoms with E-state index in [1.165, 1.54) is 0 Å². The summed E-state index contributed by atoms with van der Waals surface area (Å²) >= 11 is 0. The molecule has 3 atom stereocenters. The van der Waals surface area contributed by atoms with Crippen molar-refractivity contribution in [1.82, 2.24) is 0 Å². The van der Waals surface area contributed by atoms with Gasteiger partial charge >= 0.3 is 0 Å². The third-order valence-corrected chi connectivity index (χ3v) is 1.17. The lowest BCUT2D eigenvalue weighted by Crippen LogP contribution is -2.40. The van der Waals surface area contributed by atoms with Crippen LogP contribution in [-0.2, 0) is 0 Å². The van der Waals surface area contributed by atoms with Crippen LogP contribution >= 0.6 is 0 Å². The summed E-state index contributed by atoms with van der Waals surface area (Å²) in [6.45, 7) is -0.628. The van der Waals surface area contributed by atoms with Crippen molar-refractivity contribution >= 4 is 6.21 Å². The maximum atomic E-state index is 8.91. The van der Waals surface area contributed by atoms with Crippen molar-refractivity contribution in [3.05, 3.63) is 0 Å². The molecule has 0 aliphatic heterocycles. The molecule has 0 radical (unpaired) electrons. The van der Waals surface area contributed by atoms with E-state index in [1.807, 2.05) is 0 Å². The smallest absolute Gasteiger partial charge is 0.119 e. The van der Waals surface area contributed by atoms with Crippen molar-refractivity contribution in [2.24, 2.45) is 10.9 Å². The van der Waals surface area contributed by atoms with Crippen LogP contribution in [0.25, 0.3) is 0 Å². The zero-order chi connectivity index (χ0) is 8.85. The van der Waals surface area contributed by atoms with Gasteiger partial charge in [-0.1, -0.05) is 0 Å². The van der Waals surface area contributed by atoms with Gasteiger partial charge in [-0.15, -0.1) is 0 Å². The molecule has 6 nitrogen and oxygen atoms in total. The van der Waals surface area contributed by atoms with Crippen molar-refractivity contribution in [1.29, 1.82) is 0 Å². The average molecular weight is 164 g/mol. The fraction of sp³-hybridized carbons (Fsp3) is 0.800. The summed E-state index contributed by atoms with van der Waals surface area (Å²) in [7, 11) is 0. The van der Waals surface area contributed by atoms with Gasteiger partial charge in [0, 0.05) is 0 Å². The summed E-state index contributed by atoms with van der Waals surface area (Å²) in [5.41, 5.74) is 0. The molecule has 0 aliphatic rings. The molecule has 66 valence electrons. The molecule has 0 bridgehead atoms. The normalized spacial score (nSPS) is 20.0. The first-order chi connectivity index (χ1) is 5.13. The molecule has 0 spiro atoms. The van der Waals surface area contributed by atoms with Gasteiger partial charge in [0.05, 0.1) is 12.8 Å². The van der Waals surface area contributed by atoms with Crippen LogP contribution in [0.5, 0.6) is 0 Å². The summed E-state index contributed by atoms with van der Waals surface area (Å²) in [6.07, 6.45) is -3.35. The minimum absolute atomic E-state index is 0.628. The van der Waals surface area contributed by atoms with E-state index in [0.29, 0.717) is 0 Å². The fourth-order valence-electron chi connectivity index (χ4n) is 0.512. The average Bonchev–Trinajstić information content (AvgIpc) is 2.02. The van der Waals surface area contributed by atoms with E-state index in [9.17, 15) is 0 Å². The van der Waals surface area contributed by atoms with E-state index >= 15 is 0 Å². The molecule has 0 fully saturated rings. The van der Waals surface area contributed by atoms with Gasteiger partial charge in [0.25, 0.3) is 0 Å². The number of hydrazone groups is 1. The predicted molar refractivity (Wildman–Crippen MR) is 37.8 cm³/mol. The lowest BCUT2D eigenvalue weighted by Gasteiger charge is -2.17. The Bertz CT molecular complexity index is 130. The summed E-state index contributed by atoms with van der Waals surface area (Å²) in [5, 5.41) is 37.8. The largest absolute Gasteiger partial charge is 0.394 e. The van der Waals surface area contributed by atoms with E-state index in [2.05, 4.69) is 10.9 Å². The molecule has 0 unspecified atom stereocenters. The quantitative estimate of drug-likeness (QED) is 0.172. The minimum Gasteiger partial charge on any atom is -0.394 e. The van der Waals surface area contributed by atoms with E-state index in [-0.39, 0.29) is 0 Å². The van der Waals surface area contributed by atoms with Crippen LogP contribution in [0.1, 0.15) is 0 Å². The monoisotopic (exact) mass is 164 g/mol. The highest BCUT2D eigenvalue weighted by Gasteiger charge is 2.22. The lowest BCUT2D eigenvalue weighted by molar-refractivity contribution is -0.0541. The summed E-state index contributed by atoms with van der Waals surface area (Å²) in [4.78, 5) is 0. The molecular formula is C5H12N2O4. The molecule has 0 aromatic rings. The number of rotatable bonds is 4. The van der Waals surface area contributed by atoms with E-state index in [1.54, 1.807) is 0 Å². The maximum absolute atomic E-state index is 8.91. The number of aliphatic hydroxyl groups is 4. The van der Waals surface area contributed by atoms with Crippen LogP contribution in [0.2, 0.25) is 0 Å². The highest BCUT2D eigenvalue weighted by atomic mass is 16.4. The number of hydrogen-bond donors (Lipinski definition) is 5. The number of hydrogen-bond acceptors (Lipinski definition) is 6. The Morgan fingerprint density at radius 3 is 2.27 bits per heavy atom. The molecule has 11 heavy (non-hydrogen) atoms. The topological polar surface area (TPSA) is 119 Å². The van der Waals surface area contributed by atoms with Gasteiger partial charge in [-0.25, -0.2) is 0 Å². The Morgan fingerprint density at radius 1 is 1.36 bits per heavy atom. The van der Waals surface area contributed by atoms with Crippen LogP contribution < -0.4 is 5.84 Å². The minimum atomic E-state index is -1.47. The van der Waals surface area contributed by atoms with Crippen molar-refractivity contribution in [3.63, 3.8) is 0 Å². The molecule has 0 aromatic carbocycles. The summed E-state index contributed by atoms with van der Waals surface area (Å²) in [6, 6.07) is 0. The molecular weight excluding hydrogens is 152 g/mol. The zero-order valence-corrected chi connectivity index (χ0v) is 5.83. The first-order valence-electron chi connectivity index (χ1n) is 3.02. The predicted octanol–water partition coefficient (Wildman–Crippen LogP) is -2.99. The highest BCUT2D eigenvalue weighted by Crippen LogP contribution is 1.96. The third-order valence-electron chi connectivity index (χ3n) is 1.17. The first-order valence-corrected chi connectivity index (χ1v) is 3.02. The molecule has 6 heteroatoms. The van der Waals surface area contributed by atoms with Crippen LogP contribution in [0, 0.1) is 0 Å². The Hall–Kier alpha value is -0.690. The van der Waals surface area contributed by atoms with Crippen LogP contribution in [0.15, 0.2) is 5.10 Å². The second-order valence-electron chi connectivity index (χ2n) is 2.03. The second kappa shape index (κ2) is 5.03. The molecule has 6 N–H and O–H groups in total. The van der Waals surface area contributed by atoms with E-state index < -0.39 is 24.9 Å². The number of aliphatic hydroxyl groups excluding tert-OH is 4. The van der Waals surface area contributed by atoms with Gasteiger partial charge in [0.2, 0.25) is 0 Å². The van der Waals surface area contributed by atoms with Crippen LogP contribution in [0.3, 0.4) is 0 Å². The molecule has 0 rings (SSSR count). The Kier molecular flexibility index (Phi) is 4.71. The number of nitrogens with two attached hydrogens (primary N) is 1. The van der Waals surface area contributed by atoms with Crippen molar-refractivity contribution in [2.75, 3.05) is 6.61 Å². The van der Waals surface area contributed by atoms with Gasteiger partial charge in [-0.2, -0.15) is 5.10 Å². The second-order valence-corrected chi connectivity index (χ2v) is 2.03. The van der Waals surface area contributed by atoms with E-state index in [4.69, 9.17) is 20.4 Å². The van der Waals surface area contributed by atoms with Crippen molar-refractivity contribution in [3.8, 4) is 0 Å². The highest BCUT2D eigenvalue weighted by molar-refractivity contribution is 5.63. The molecule has 0 aromatic heterocycles. The summed E-state index contributed by atoms with van der Waals surface area (Å²) in [5.74, 6) is 4.66. The lowest BCUT2D eigenvalue weighted by atomic mass is 10.1. The van der Waals surface area contributed by atoms with Gasteiger partial charge in [-0.3, -0.25) is 0 Å². The SMILES string of the molecule is N/N=C/[C@@H](O)[C@@H](O)[C@H](O)CO. The Labute approximate surface area is 63.6 Å². The Balaban J connectivity index is 3.90. The summed E-state index contributed by atoms with van der Waals surface area (Å²) < 4.78 is 0. The van der Waals surface area contributed by atoms with Crippen molar-refractivity contribution < 1.29 is 20.4 Å². The molecule has 0 heterocycles. The standard InChI is InChI=1S/C5H12N2O4/c6-7-1-3(9)5(11)4(10)2-8/h1,3-5,8-11H,2,6H2/b7-1+/t3-,4-,5-/m1/s1. The molecule has 0 aliphatic carbocycles. The van der Waals surface area contributed by atoms with E-state index in [0.717, 1.165) is 6.21 Å². The molecule has 0 saturated carbocycles. The Morgan fingerprint density at radius 2 is 1.91 bits per heavy atom. The van der Waals surface area contributed by atoms with Gasteiger partial charge in [0.1, 0.15) is 18.3 Å².